The van der Waals surface area contributed by atoms with E-state index < -0.39 is 0 Å². The predicted molar refractivity (Wildman–Crippen MR) is 78.7 cm³/mol. The van der Waals surface area contributed by atoms with Gasteiger partial charge >= 0.3 is 0 Å². The lowest BCUT2D eigenvalue weighted by molar-refractivity contribution is 0.345. The zero-order chi connectivity index (χ0) is 13.7. The molecule has 0 spiro atoms. The Bertz CT molecular complexity index is 533. The van der Waals surface area contributed by atoms with Crippen molar-refractivity contribution in [3.8, 4) is 23.0 Å². The number of hydrogen-bond donors (Lipinski definition) is 0. The number of ether oxygens (including phenoxy) is 3. The van der Waals surface area contributed by atoms with E-state index >= 15 is 0 Å². The molecule has 0 aliphatic heterocycles. The van der Waals surface area contributed by atoms with Crippen LogP contribution in [-0.2, 0) is 5.33 Å². The van der Waals surface area contributed by atoms with Crippen LogP contribution in [0.5, 0.6) is 23.0 Å². The van der Waals surface area contributed by atoms with Gasteiger partial charge in [0, 0.05) is 10.9 Å². The molecule has 0 fully saturated rings. The van der Waals surface area contributed by atoms with Crippen LogP contribution >= 0.6 is 15.9 Å². The van der Waals surface area contributed by atoms with Crippen molar-refractivity contribution >= 4 is 15.9 Å². The fourth-order valence-corrected chi connectivity index (χ4v) is 2.20. The van der Waals surface area contributed by atoms with Gasteiger partial charge in [-0.05, 0) is 18.2 Å². The van der Waals surface area contributed by atoms with Gasteiger partial charge < -0.3 is 14.2 Å². The van der Waals surface area contributed by atoms with Gasteiger partial charge in [-0.2, -0.15) is 0 Å². The summed E-state index contributed by atoms with van der Waals surface area (Å²) in [5.41, 5.74) is 1.07. The number of alkyl halides is 1. The van der Waals surface area contributed by atoms with Crippen molar-refractivity contribution in [1.82, 2.24) is 0 Å². The maximum atomic E-state index is 5.96. The first-order valence-electron chi connectivity index (χ1n) is 5.83. The summed E-state index contributed by atoms with van der Waals surface area (Å²) in [6.07, 6.45) is 0. The molecule has 0 aliphatic carbocycles. The minimum atomic E-state index is 0.584. The fraction of sp³-hybridized carbons (Fsp3) is 0.200. The molecule has 100 valence electrons. The molecule has 0 amide bonds. The lowest BCUT2D eigenvalue weighted by atomic mass is 10.2. The molecule has 0 aromatic heterocycles. The SMILES string of the molecule is COc1cccc(OC)c1Oc1ccccc1CBr. The van der Waals surface area contributed by atoms with Crippen LogP contribution in [0.15, 0.2) is 42.5 Å². The van der Waals surface area contributed by atoms with Crippen molar-refractivity contribution in [3.63, 3.8) is 0 Å². The lowest BCUT2D eigenvalue weighted by Gasteiger charge is -2.15. The molecule has 19 heavy (non-hydrogen) atoms. The molecule has 0 unspecified atom stereocenters. The first kappa shape index (κ1) is 13.7. The van der Waals surface area contributed by atoms with Crippen LogP contribution in [0.4, 0.5) is 0 Å². The zero-order valence-corrected chi connectivity index (χ0v) is 12.4. The number of hydrogen-bond acceptors (Lipinski definition) is 3. The topological polar surface area (TPSA) is 27.7 Å². The van der Waals surface area contributed by atoms with Crippen LogP contribution in [0.1, 0.15) is 5.56 Å². The van der Waals surface area contributed by atoms with Gasteiger partial charge in [0.15, 0.2) is 11.5 Å². The summed E-state index contributed by atoms with van der Waals surface area (Å²) in [6, 6.07) is 13.4. The number of para-hydroxylation sites is 2. The maximum Gasteiger partial charge on any atom is 0.211 e. The third-order valence-electron chi connectivity index (χ3n) is 2.71. The van der Waals surface area contributed by atoms with Gasteiger partial charge in [-0.15, -0.1) is 0 Å². The molecule has 0 N–H and O–H groups in total. The summed E-state index contributed by atoms with van der Waals surface area (Å²) in [6.45, 7) is 0. The van der Waals surface area contributed by atoms with Crippen LogP contribution in [0.2, 0.25) is 0 Å². The Kier molecular flexibility index (Phi) is 4.68. The molecular weight excluding hydrogens is 308 g/mol. The van der Waals surface area contributed by atoms with Gasteiger partial charge in [0.2, 0.25) is 5.75 Å². The Morgan fingerprint density at radius 3 is 2.00 bits per heavy atom. The summed E-state index contributed by atoms with van der Waals surface area (Å²) in [5.74, 6) is 2.65. The Labute approximate surface area is 121 Å². The summed E-state index contributed by atoms with van der Waals surface area (Å²) in [5, 5.41) is 0.723. The Morgan fingerprint density at radius 2 is 1.42 bits per heavy atom. The highest BCUT2D eigenvalue weighted by molar-refractivity contribution is 9.08. The molecule has 3 nitrogen and oxygen atoms in total. The molecule has 2 aromatic rings. The van der Waals surface area contributed by atoms with Crippen LogP contribution in [0, 0.1) is 0 Å². The highest BCUT2D eigenvalue weighted by atomic mass is 79.9. The van der Waals surface area contributed by atoms with E-state index in [0.29, 0.717) is 17.2 Å². The van der Waals surface area contributed by atoms with Gasteiger partial charge in [0.25, 0.3) is 0 Å². The van der Waals surface area contributed by atoms with Crippen molar-refractivity contribution in [2.45, 2.75) is 5.33 Å². The smallest absolute Gasteiger partial charge is 0.211 e. The second-order valence-electron chi connectivity index (χ2n) is 3.84. The molecule has 0 aliphatic rings. The first-order valence-corrected chi connectivity index (χ1v) is 6.95. The molecule has 2 aromatic carbocycles. The highest BCUT2D eigenvalue weighted by Crippen LogP contribution is 2.40. The summed E-state index contributed by atoms with van der Waals surface area (Å²) in [7, 11) is 3.22. The van der Waals surface area contributed by atoms with Crippen LogP contribution in [0.25, 0.3) is 0 Å². The molecule has 0 bridgehead atoms. The zero-order valence-electron chi connectivity index (χ0n) is 10.9. The fourth-order valence-electron chi connectivity index (χ4n) is 1.74. The average Bonchev–Trinajstić information content (AvgIpc) is 2.48. The molecule has 0 heterocycles. The molecule has 2 rings (SSSR count). The summed E-state index contributed by atoms with van der Waals surface area (Å²) in [4.78, 5) is 0. The van der Waals surface area contributed by atoms with E-state index in [9.17, 15) is 0 Å². The Morgan fingerprint density at radius 1 is 0.842 bits per heavy atom. The molecule has 0 saturated heterocycles. The van der Waals surface area contributed by atoms with Gasteiger partial charge in [-0.1, -0.05) is 40.2 Å². The van der Waals surface area contributed by atoms with E-state index in [0.717, 1.165) is 16.6 Å². The van der Waals surface area contributed by atoms with Crippen molar-refractivity contribution < 1.29 is 14.2 Å². The van der Waals surface area contributed by atoms with E-state index in [2.05, 4.69) is 15.9 Å². The van der Waals surface area contributed by atoms with Crippen molar-refractivity contribution in [2.75, 3.05) is 14.2 Å². The van der Waals surface area contributed by atoms with Gasteiger partial charge in [0.05, 0.1) is 14.2 Å². The molecule has 0 atom stereocenters. The van der Waals surface area contributed by atoms with Crippen LogP contribution in [-0.4, -0.2) is 14.2 Å². The van der Waals surface area contributed by atoms with Crippen LogP contribution < -0.4 is 14.2 Å². The van der Waals surface area contributed by atoms with Gasteiger partial charge in [0.1, 0.15) is 5.75 Å². The van der Waals surface area contributed by atoms with Crippen molar-refractivity contribution in [3.05, 3.63) is 48.0 Å². The monoisotopic (exact) mass is 322 g/mol. The summed E-state index contributed by atoms with van der Waals surface area (Å²) < 4.78 is 16.6. The minimum Gasteiger partial charge on any atom is -0.493 e. The van der Waals surface area contributed by atoms with E-state index in [1.807, 2.05) is 42.5 Å². The molecular formula is C15H15BrO3. The maximum absolute atomic E-state index is 5.96. The van der Waals surface area contributed by atoms with E-state index in [4.69, 9.17) is 14.2 Å². The van der Waals surface area contributed by atoms with E-state index in [1.165, 1.54) is 0 Å². The Hall–Kier alpha value is -1.68. The van der Waals surface area contributed by atoms with Gasteiger partial charge in [-0.25, -0.2) is 0 Å². The first-order chi connectivity index (χ1) is 9.30. The van der Waals surface area contributed by atoms with Gasteiger partial charge in [-0.3, -0.25) is 0 Å². The standard InChI is InChI=1S/C15H15BrO3/c1-17-13-8-5-9-14(18-2)15(13)19-12-7-4-3-6-11(12)10-16/h3-9H,10H2,1-2H3. The average molecular weight is 323 g/mol. The van der Waals surface area contributed by atoms with Crippen molar-refractivity contribution in [2.24, 2.45) is 0 Å². The number of rotatable bonds is 5. The minimum absolute atomic E-state index is 0.584. The van der Waals surface area contributed by atoms with Crippen molar-refractivity contribution in [1.29, 1.82) is 0 Å². The number of halogens is 1. The molecule has 0 radical (unpaired) electrons. The largest absolute Gasteiger partial charge is 0.493 e. The second kappa shape index (κ2) is 6.48. The third kappa shape index (κ3) is 3.01. The lowest BCUT2D eigenvalue weighted by Crippen LogP contribution is -1.96. The van der Waals surface area contributed by atoms with E-state index in [1.54, 1.807) is 14.2 Å². The normalized spacial score (nSPS) is 10.1. The molecule has 4 heteroatoms. The number of benzene rings is 2. The molecule has 0 saturated carbocycles. The third-order valence-corrected chi connectivity index (χ3v) is 3.32. The van der Waals surface area contributed by atoms with Crippen LogP contribution in [0.3, 0.4) is 0 Å². The number of methoxy groups -OCH3 is 2. The Balaban J connectivity index is 2.42. The quantitative estimate of drug-likeness (QED) is 0.764. The highest BCUT2D eigenvalue weighted by Gasteiger charge is 2.13. The summed E-state index contributed by atoms with van der Waals surface area (Å²) >= 11 is 3.45. The predicted octanol–water partition coefficient (Wildman–Crippen LogP) is 4.39. The van der Waals surface area contributed by atoms with E-state index in [-0.39, 0.29) is 0 Å². The second-order valence-corrected chi connectivity index (χ2v) is 4.40.